The molecule has 0 saturated carbocycles. The minimum absolute atomic E-state index is 0.192. The van der Waals surface area contributed by atoms with Crippen LogP contribution in [0.15, 0.2) is 75.7 Å². The monoisotopic (exact) mass is 434 g/mol. The molecule has 0 fully saturated rings. The van der Waals surface area contributed by atoms with E-state index in [4.69, 9.17) is 9.47 Å². The van der Waals surface area contributed by atoms with Gasteiger partial charge in [-0.1, -0.05) is 53.8 Å². The van der Waals surface area contributed by atoms with Crippen LogP contribution in [0, 0.1) is 0 Å². The van der Waals surface area contributed by atoms with Gasteiger partial charge in [-0.05, 0) is 43.2 Å². The van der Waals surface area contributed by atoms with E-state index >= 15 is 0 Å². The highest BCUT2D eigenvalue weighted by atomic mass is 32.1. The number of nitrogens with zero attached hydrogens (tertiary/aromatic N) is 2. The smallest absolute Gasteiger partial charge is 0.338 e. The van der Waals surface area contributed by atoms with Gasteiger partial charge in [0.25, 0.3) is 5.56 Å². The topological polar surface area (TPSA) is 69.9 Å². The van der Waals surface area contributed by atoms with E-state index in [0.29, 0.717) is 20.6 Å². The van der Waals surface area contributed by atoms with E-state index in [9.17, 15) is 9.59 Å². The van der Waals surface area contributed by atoms with Crippen molar-refractivity contribution in [3.8, 4) is 5.75 Å². The molecule has 1 aliphatic rings. The SMILES string of the molecule is CCOC(=O)C1=C(C)N=c2s/c(=C/c3ccc(OC)cc3)c(=O)n2[C@H]1c1ccccc1. The Morgan fingerprint density at radius 2 is 1.87 bits per heavy atom. The van der Waals surface area contributed by atoms with Crippen LogP contribution < -0.4 is 19.6 Å². The lowest BCUT2D eigenvalue weighted by Gasteiger charge is -2.24. The van der Waals surface area contributed by atoms with Crippen LogP contribution in [0.1, 0.15) is 31.0 Å². The largest absolute Gasteiger partial charge is 0.497 e. The van der Waals surface area contributed by atoms with Crippen molar-refractivity contribution in [2.45, 2.75) is 19.9 Å². The molecule has 0 unspecified atom stereocenters. The molecule has 0 bridgehead atoms. The van der Waals surface area contributed by atoms with Gasteiger partial charge in [-0.3, -0.25) is 9.36 Å². The summed E-state index contributed by atoms with van der Waals surface area (Å²) in [7, 11) is 1.61. The molecule has 158 valence electrons. The maximum atomic E-state index is 13.4. The lowest BCUT2D eigenvalue weighted by molar-refractivity contribution is -0.139. The molecule has 1 aromatic heterocycles. The number of thiazole rings is 1. The average molecular weight is 435 g/mol. The number of fused-ring (bicyclic) bond motifs is 1. The summed E-state index contributed by atoms with van der Waals surface area (Å²) in [4.78, 5) is 31.4. The Kier molecular flexibility index (Phi) is 5.86. The van der Waals surface area contributed by atoms with Gasteiger partial charge in [0.15, 0.2) is 4.80 Å². The van der Waals surface area contributed by atoms with Crippen molar-refractivity contribution in [3.63, 3.8) is 0 Å². The van der Waals surface area contributed by atoms with E-state index in [0.717, 1.165) is 16.9 Å². The molecule has 4 rings (SSSR count). The summed E-state index contributed by atoms with van der Waals surface area (Å²) in [6.07, 6.45) is 1.83. The molecule has 0 spiro atoms. The number of ether oxygens (including phenoxy) is 2. The normalized spacial score (nSPS) is 16.0. The van der Waals surface area contributed by atoms with E-state index in [1.807, 2.05) is 60.7 Å². The van der Waals surface area contributed by atoms with Gasteiger partial charge in [0, 0.05) is 0 Å². The zero-order valence-corrected chi connectivity index (χ0v) is 18.3. The van der Waals surface area contributed by atoms with Crippen molar-refractivity contribution in [3.05, 3.63) is 96.7 Å². The van der Waals surface area contributed by atoms with E-state index in [2.05, 4.69) is 4.99 Å². The second kappa shape index (κ2) is 8.73. The maximum absolute atomic E-state index is 13.4. The Bertz CT molecular complexity index is 1320. The molecule has 0 radical (unpaired) electrons. The highest BCUT2D eigenvalue weighted by Gasteiger charge is 2.33. The van der Waals surface area contributed by atoms with E-state index in [1.165, 1.54) is 11.3 Å². The van der Waals surface area contributed by atoms with Crippen LogP contribution in [0.2, 0.25) is 0 Å². The summed E-state index contributed by atoms with van der Waals surface area (Å²) in [6, 6.07) is 16.4. The highest BCUT2D eigenvalue weighted by Crippen LogP contribution is 2.30. The lowest BCUT2D eigenvalue weighted by Crippen LogP contribution is -2.39. The first-order chi connectivity index (χ1) is 15.0. The number of carbonyl (C=O) groups is 1. The molecule has 7 heteroatoms. The number of hydrogen-bond donors (Lipinski definition) is 0. The van der Waals surface area contributed by atoms with Crippen LogP contribution in [0.3, 0.4) is 0 Å². The summed E-state index contributed by atoms with van der Waals surface area (Å²) >= 11 is 1.31. The molecule has 3 aromatic rings. The summed E-state index contributed by atoms with van der Waals surface area (Å²) in [5, 5.41) is 0. The quantitative estimate of drug-likeness (QED) is 0.579. The molecule has 0 amide bonds. The fourth-order valence-corrected chi connectivity index (χ4v) is 4.64. The van der Waals surface area contributed by atoms with Crippen molar-refractivity contribution in [1.82, 2.24) is 4.57 Å². The first-order valence-corrected chi connectivity index (χ1v) is 10.7. The predicted molar refractivity (Wildman–Crippen MR) is 120 cm³/mol. The molecule has 1 aliphatic heterocycles. The van der Waals surface area contributed by atoms with Crippen LogP contribution in [0.5, 0.6) is 5.75 Å². The third-order valence-electron chi connectivity index (χ3n) is 5.05. The second-order valence-electron chi connectivity index (χ2n) is 6.99. The van der Waals surface area contributed by atoms with Crippen LogP contribution in [-0.2, 0) is 9.53 Å². The number of esters is 1. The summed E-state index contributed by atoms with van der Waals surface area (Å²) in [5.74, 6) is 0.291. The Labute approximate surface area is 183 Å². The van der Waals surface area contributed by atoms with Gasteiger partial charge in [0.1, 0.15) is 5.75 Å². The number of methoxy groups -OCH3 is 1. The summed E-state index contributed by atoms with van der Waals surface area (Å²) < 4.78 is 12.6. The number of allylic oxidation sites excluding steroid dienone is 1. The van der Waals surface area contributed by atoms with Crippen molar-refractivity contribution >= 4 is 23.4 Å². The number of carbonyl (C=O) groups excluding carboxylic acids is 1. The number of rotatable bonds is 5. The first kappa shape index (κ1) is 20.8. The van der Waals surface area contributed by atoms with Crippen LogP contribution in [-0.4, -0.2) is 24.3 Å². The lowest BCUT2D eigenvalue weighted by atomic mass is 9.96. The van der Waals surface area contributed by atoms with Crippen molar-refractivity contribution < 1.29 is 14.3 Å². The standard InChI is InChI=1S/C24H22N2O4S/c1-4-30-23(28)20-15(2)25-24-26(21(20)17-8-6-5-7-9-17)22(27)19(31-24)14-16-10-12-18(29-3)13-11-16/h5-14,21H,4H2,1-3H3/b19-14+/t21-/m0/s1. The predicted octanol–water partition coefficient (Wildman–Crippen LogP) is 2.81. The van der Waals surface area contributed by atoms with E-state index in [-0.39, 0.29) is 12.2 Å². The Hall–Kier alpha value is -3.45. The van der Waals surface area contributed by atoms with Crippen molar-refractivity contribution in [2.75, 3.05) is 13.7 Å². The molecular formula is C24H22N2O4S. The molecule has 1 atom stereocenters. The van der Waals surface area contributed by atoms with Gasteiger partial charge in [0.2, 0.25) is 0 Å². The van der Waals surface area contributed by atoms with Gasteiger partial charge < -0.3 is 9.47 Å². The molecule has 0 aliphatic carbocycles. The Morgan fingerprint density at radius 3 is 2.52 bits per heavy atom. The zero-order valence-electron chi connectivity index (χ0n) is 17.5. The third-order valence-corrected chi connectivity index (χ3v) is 6.03. The third kappa shape index (κ3) is 3.96. The molecule has 0 N–H and O–H groups in total. The summed E-state index contributed by atoms with van der Waals surface area (Å²) in [5.41, 5.74) is 2.46. The maximum Gasteiger partial charge on any atom is 0.338 e. The van der Waals surface area contributed by atoms with Crippen LogP contribution in [0.4, 0.5) is 0 Å². The Balaban J connectivity index is 1.91. The van der Waals surface area contributed by atoms with Gasteiger partial charge in [-0.25, -0.2) is 9.79 Å². The highest BCUT2D eigenvalue weighted by molar-refractivity contribution is 7.07. The minimum atomic E-state index is -0.588. The van der Waals surface area contributed by atoms with Gasteiger partial charge in [-0.15, -0.1) is 0 Å². The van der Waals surface area contributed by atoms with E-state index in [1.54, 1.807) is 25.5 Å². The van der Waals surface area contributed by atoms with E-state index < -0.39 is 12.0 Å². The van der Waals surface area contributed by atoms with Gasteiger partial charge in [-0.2, -0.15) is 0 Å². The van der Waals surface area contributed by atoms with Crippen LogP contribution in [0.25, 0.3) is 6.08 Å². The molecule has 0 saturated heterocycles. The fraction of sp³-hybridized carbons (Fsp3) is 0.208. The van der Waals surface area contributed by atoms with Crippen LogP contribution >= 0.6 is 11.3 Å². The fourth-order valence-electron chi connectivity index (χ4n) is 3.59. The average Bonchev–Trinajstić information content (AvgIpc) is 3.08. The molecular weight excluding hydrogens is 412 g/mol. The minimum Gasteiger partial charge on any atom is -0.497 e. The number of aromatic nitrogens is 1. The van der Waals surface area contributed by atoms with Crippen molar-refractivity contribution in [2.24, 2.45) is 4.99 Å². The first-order valence-electron chi connectivity index (χ1n) is 9.92. The summed E-state index contributed by atoms with van der Waals surface area (Å²) in [6.45, 7) is 3.79. The van der Waals surface area contributed by atoms with Gasteiger partial charge >= 0.3 is 5.97 Å². The number of benzene rings is 2. The molecule has 2 heterocycles. The molecule has 31 heavy (non-hydrogen) atoms. The Morgan fingerprint density at radius 1 is 1.16 bits per heavy atom. The zero-order chi connectivity index (χ0) is 22.0. The second-order valence-corrected chi connectivity index (χ2v) is 8.00. The molecule has 2 aromatic carbocycles. The van der Waals surface area contributed by atoms with Gasteiger partial charge in [0.05, 0.1) is 35.6 Å². The number of hydrogen-bond acceptors (Lipinski definition) is 6. The van der Waals surface area contributed by atoms with Crippen molar-refractivity contribution in [1.29, 1.82) is 0 Å². The molecule has 6 nitrogen and oxygen atoms in total.